The number of rotatable bonds is 7. The Morgan fingerprint density at radius 2 is 1.40 bits per heavy atom. The molecule has 2 atom stereocenters. The van der Waals surface area contributed by atoms with E-state index in [1.165, 1.54) is 28.3 Å². The molecule has 0 nitrogen and oxygen atoms in total. The van der Waals surface area contributed by atoms with Gasteiger partial charge in [-0.25, -0.2) is 0 Å². The van der Waals surface area contributed by atoms with Gasteiger partial charge in [0.15, 0.2) is 0 Å². The van der Waals surface area contributed by atoms with E-state index in [9.17, 15) is 0 Å². The first-order valence-corrected chi connectivity index (χ1v) is 14.0. The minimum absolute atomic E-state index is 0.0875. The number of aryl methyl sites for hydroxylation is 2. The molecule has 160 valence electrons. The predicted octanol–water partition coefficient (Wildman–Crippen LogP) is 7.09. The van der Waals surface area contributed by atoms with Gasteiger partial charge in [-0.1, -0.05) is 111 Å². The van der Waals surface area contributed by atoms with Gasteiger partial charge in [0.1, 0.15) is 8.07 Å². The molecule has 3 rings (SSSR count). The van der Waals surface area contributed by atoms with Gasteiger partial charge in [-0.2, -0.15) is 0 Å². The maximum atomic E-state index is 2.63. The fraction of sp³-hybridized carbons (Fsp3) is 0.448. The summed E-state index contributed by atoms with van der Waals surface area (Å²) in [6.07, 6.45) is 4.83. The van der Waals surface area contributed by atoms with Crippen LogP contribution in [0.2, 0.25) is 11.1 Å². The molecule has 0 bridgehead atoms. The van der Waals surface area contributed by atoms with E-state index < -0.39 is 8.07 Å². The Balaban J connectivity index is 2.46. The Bertz CT molecular complexity index is 941. The van der Waals surface area contributed by atoms with Crippen LogP contribution in [0.25, 0.3) is 0 Å². The average molecular weight is 417 g/mol. The summed E-state index contributed by atoms with van der Waals surface area (Å²) in [5.74, 6) is 0.645. The van der Waals surface area contributed by atoms with Crippen LogP contribution in [0, 0.1) is 5.92 Å². The van der Waals surface area contributed by atoms with E-state index >= 15 is 0 Å². The van der Waals surface area contributed by atoms with E-state index in [1.807, 2.05) is 0 Å². The quantitative estimate of drug-likeness (QED) is 0.423. The van der Waals surface area contributed by atoms with Gasteiger partial charge in [-0.3, -0.25) is 0 Å². The highest BCUT2D eigenvalue weighted by atomic mass is 28.3. The van der Waals surface area contributed by atoms with Crippen LogP contribution in [0.3, 0.4) is 0 Å². The summed E-state index contributed by atoms with van der Waals surface area (Å²) in [6.45, 7) is 19.0. The summed E-state index contributed by atoms with van der Waals surface area (Å²) >= 11 is 0. The molecule has 1 aliphatic carbocycles. The summed E-state index contributed by atoms with van der Waals surface area (Å²) in [7, 11) is -2.18. The van der Waals surface area contributed by atoms with E-state index in [0.717, 1.165) is 12.8 Å². The zero-order chi connectivity index (χ0) is 22.1. The molecule has 2 aromatic carbocycles. The second-order valence-electron chi connectivity index (χ2n) is 9.89. The SMILES string of the molecule is CCc1cc(CC)cc([Si](CC(C)C)(c2ccccc2)C2(C)C=C(C)C(C)=C2C)c1. The van der Waals surface area contributed by atoms with E-state index in [0.29, 0.717) is 5.92 Å². The third-order valence-corrected chi connectivity index (χ3v) is 14.0. The van der Waals surface area contributed by atoms with E-state index in [1.54, 1.807) is 15.9 Å². The highest BCUT2D eigenvalue weighted by molar-refractivity contribution is 7.05. The fourth-order valence-electron chi connectivity index (χ4n) is 5.74. The maximum Gasteiger partial charge on any atom is 0.131 e. The molecule has 0 fully saturated rings. The Kier molecular flexibility index (Phi) is 6.62. The normalized spacial score (nSPS) is 21.2. The lowest BCUT2D eigenvalue weighted by molar-refractivity contribution is 0.702. The number of hydrogen-bond donors (Lipinski definition) is 0. The van der Waals surface area contributed by atoms with Crippen LogP contribution >= 0.6 is 0 Å². The summed E-state index contributed by atoms with van der Waals surface area (Å²) in [6, 6.07) is 20.3. The predicted molar refractivity (Wildman–Crippen MR) is 137 cm³/mol. The molecule has 1 heteroatoms. The second-order valence-corrected chi connectivity index (χ2v) is 14.3. The standard InChI is InChI=1S/C29H40Si/c1-9-25-16-26(10-2)18-28(17-25)30(20-21(3)4,27-14-12-11-13-15-27)29(8)19-22(5)23(6)24(29)7/h11-19,21H,9-10,20H2,1-8H3. The van der Waals surface area contributed by atoms with Crippen LogP contribution < -0.4 is 10.4 Å². The number of hydrogen-bond acceptors (Lipinski definition) is 0. The smallest absolute Gasteiger partial charge is 0.0733 e. The van der Waals surface area contributed by atoms with E-state index in [2.05, 4.69) is 110 Å². The molecule has 0 heterocycles. The lowest BCUT2D eigenvalue weighted by Crippen LogP contribution is -2.66. The van der Waals surface area contributed by atoms with Crippen molar-refractivity contribution >= 4 is 18.4 Å². The van der Waals surface area contributed by atoms with Gasteiger partial charge in [-0.05, 0) is 62.3 Å². The van der Waals surface area contributed by atoms with Crippen molar-refractivity contribution in [2.24, 2.45) is 5.92 Å². The minimum Gasteiger partial charge on any atom is -0.0733 e. The van der Waals surface area contributed by atoms with Gasteiger partial charge in [0.2, 0.25) is 0 Å². The average Bonchev–Trinajstić information content (AvgIpc) is 2.95. The maximum absolute atomic E-state index is 2.63. The van der Waals surface area contributed by atoms with Crippen LogP contribution in [0.5, 0.6) is 0 Å². The molecule has 2 aromatic rings. The Morgan fingerprint density at radius 3 is 1.83 bits per heavy atom. The summed E-state index contributed by atoms with van der Waals surface area (Å²) in [5.41, 5.74) is 7.52. The molecule has 0 amide bonds. The molecule has 0 saturated carbocycles. The van der Waals surface area contributed by atoms with Crippen molar-refractivity contribution in [3.63, 3.8) is 0 Å². The van der Waals surface area contributed by atoms with Crippen molar-refractivity contribution in [1.82, 2.24) is 0 Å². The molecule has 0 saturated heterocycles. The fourth-order valence-corrected chi connectivity index (χ4v) is 12.3. The molecule has 0 N–H and O–H groups in total. The molecule has 0 spiro atoms. The summed E-state index contributed by atoms with van der Waals surface area (Å²) in [4.78, 5) is 0. The lowest BCUT2D eigenvalue weighted by Gasteiger charge is -2.48. The van der Waals surface area contributed by atoms with Crippen molar-refractivity contribution in [3.05, 3.63) is 82.5 Å². The first-order valence-electron chi connectivity index (χ1n) is 11.8. The summed E-state index contributed by atoms with van der Waals surface area (Å²) < 4.78 is 0. The van der Waals surface area contributed by atoms with E-state index in [-0.39, 0.29) is 5.04 Å². The molecule has 0 radical (unpaired) electrons. The molecule has 0 aliphatic heterocycles. The van der Waals surface area contributed by atoms with E-state index in [4.69, 9.17) is 0 Å². The Hall–Kier alpha value is -1.86. The van der Waals surface area contributed by atoms with Gasteiger partial charge in [0.25, 0.3) is 0 Å². The van der Waals surface area contributed by atoms with Crippen LogP contribution in [0.4, 0.5) is 0 Å². The molecular weight excluding hydrogens is 376 g/mol. The van der Waals surface area contributed by atoms with Crippen molar-refractivity contribution < 1.29 is 0 Å². The van der Waals surface area contributed by atoms with Gasteiger partial charge < -0.3 is 0 Å². The Labute approximate surface area is 186 Å². The third-order valence-electron chi connectivity index (χ3n) is 7.67. The van der Waals surface area contributed by atoms with Crippen LogP contribution in [-0.4, -0.2) is 8.07 Å². The first kappa shape index (κ1) is 22.8. The monoisotopic (exact) mass is 416 g/mol. The molecule has 2 unspecified atom stereocenters. The topological polar surface area (TPSA) is 0 Å². The third kappa shape index (κ3) is 3.66. The van der Waals surface area contributed by atoms with Gasteiger partial charge >= 0.3 is 0 Å². The van der Waals surface area contributed by atoms with Crippen molar-refractivity contribution in [2.45, 2.75) is 79.3 Å². The zero-order valence-corrected chi connectivity index (χ0v) is 21.4. The van der Waals surface area contributed by atoms with Crippen LogP contribution in [0.15, 0.2) is 71.3 Å². The van der Waals surface area contributed by atoms with Crippen molar-refractivity contribution in [1.29, 1.82) is 0 Å². The number of benzene rings is 2. The highest BCUT2D eigenvalue weighted by Crippen LogP contribution is 2.54. The van der Waals surface area contributed by atoms with Gasteiger partial charge in [0, 0.05) is 5.04 Å². The number of allylic oxidation sites excluding steroid dienone is 4. The molecule has 30 heavy (non-hydrogen) atoms. The lowest BCUT2D eigenvalue weighted by atomic mass is 10.0. The summed E-state index contributed by atoms with van der Waals surface area (Å²) in [5, 5.41) is 3.29. The van der Waals surface area contributed by atoms with Crippen LogP contribution in [0.1, 0.15) is 66.5 Å². The van der Waals surface area contributed by atoms with Crippen molar-refractivity contribution in [3.8, 4) is 0 Å². The first-order chi connectivity index (χ1) is 14.2. The largest absolute Gasteiger partial charge is 0.131 e. The molecule has 1 aliphatic rings. The van der Waals surface area contributed by atoms with Gasteiger partial charge in [0.05, 0.1) is 0 Å². The minimum atomic E-state index is -2.18. The van der Waals surface area contributed by atoms with Crippen LogP contribution in [-0.2, 0) is 12.8 Å². The highest BCUT2D eigenvalue weighted by Gasteiger charge is 2.54. The second kappa shape index (κ2) is 8.71. The van der Waals surface area contributed by atoms with Crippen molar-refractivity contribution in [2.75, 3.05) is 0 Å². The molecule has 0 aromatic heterocycles. The zero-order valence-electron chi connectivity index (χ0n) is 20.4. The molecular formula is C29H40Si. The Morgan fingerprint density at radius 1 is 0.833 bits per heavy atom. The van der Waals surface area contributed by atoms with Gasteiger partial charge in [-0.15, -0.1) is 0 Å².